The van der Waals surface area contributed by atoms with E-state index < -0.39 is 0 Å². The van der Waals surface area contributed by atoms with Gasteiger partial charge in [-0.15, -0.1) is 0 Å². The van der Waals surface area contributed by atoms with E-state index in [-0.39, 0.29) is 0 Å². The highest BCUT2D eigenvalue weighted by atomic mass is 16.6. The first-order valence-electron chi connectivity index (χ1n) is 4.61. The maximum absolute atomic E-state index is 5.08. The molecule has 0 spiro atoms. The van der Waals surface area contributed by atoms with Crippen molar-refractivity contribution in [3.05, 3.63) is 22.9 Å². The van der Waals surface area contributed by atoms with Crippen molar-refractivity contribution in [1.82, 2.24) is 0 Å². The lowest BCUT2D eigenvalue weighted by atomic mass is 10.1. The third kappa shape index (κ3) is 0.963. The van der Waals surface area contributed by atoms with Crippen molar-refractivity contribution in [1.29, 1.82) is 0 Å². The van der Waals surface area contributed by atoms with Crippen LogP contribution in [0.1, 0.15) is 19.3 Å². The zero-order chi connectivity index (χ0) is 8.67. The zero-order valence-electron chi connectivity index (χ0n) is 7.29. The molecule has 0 bridgehead atoms. The van der Waals surface area contributed by atoms with E-state index in [4.69, 9.17) is 4.84 Å². The van der Waals surface area contributed by atoms with Gasteiger partial charge in [-0.25, -0.2) is 0 Å². The second-order valence-electron chi connectivity index (χ2n) is 3.46. The van der Waals surface area contributed by atoms with Crippen molar-refractivity contribution in [3.63, 3.8) is 0 Å². The Labute approximate surface area is 76.5 Å². The lowest BCUT2D eigenvalue weighted by molar-refractivity contribution is 0.186. The van der Waals surface area contributed by atoms with Crippen molar-refractivity contribution < 1.29 is 4.84 Å². The predicted molar refractivity (Wildman–Crippen MR) is 50.8 cm³/mol. The number of oxime groups is 1. The van der Waals surface area contributed by atoms with Gasteiger partial charge in [0, 0.05) is 11.8 Å². The molecule has 0 fully saturated rings. The Morgan fingerprint density at radius 1 is 1.31 bits per heavy atom. The van der Waals surface area contributed by atoms with Crippen LogP contribution in [0.4, 0.5) is 0 Å². The summed E-state index contributed by atoms with van der Waals surface area (Å²) in [6.45, 7) is 0.610. The van der Waals surface area contributed by atoms with E-state index in [2.05, 4.69) is 16.2 Å². The molecule has 0 N–H and O–H groups in total. The largest absolute Gasteiger partial charge is 0.391 e. The van der Waals surface area contributed by atoms with Crippen LogP contribution < -0.4 is 0 Å². The molecule has 0 radical (unpaired) electrons. The van der Waals surface area contributed by atoms with Gasteiger partial charge in [-0.3, -0.25) is 4.99 Å². The van der Waals surface area contributed by atoms with Crippen LogP contribution in [0, 0.1) is 0 Å². The predicted octanol–water partition coefficient (Wildman–Crippen LogP) is 1.82. The van der Waals surface area contributed by atoms with Crippen molar-refractivity contribution in [2.24, 2.45) is 10.1 Å². The summed E-state index contributed by atoms with van der Waals surface area (Å²) in [6, 6.07) is 0. The molecule has 0 aromatic heterocycles. The molecule has 0 saturated carbocycles. The van der Waals surface area contributed by atoms with Gasteiger partial charge in [-0.1, -0.05) is 5.16 Å². The van der Waals surface area contributed by atoms with Gasteiger partial charge in [-0.05, 0) is 30.9 Å². The Hall–Kier alpha value is -1.38. The number of hydrogen-bond donors (Lipinski definition) is 0. The van der Waals surface area contributed by atoms with E-state index in [1.807, 2.05) is 6.21 Å². The average Bonchev–Trinajstić information content (AvgIpc) is 2.72. The number of rotatable bonds is 0. The molecule has 0 atom stereocenters. The molecule has 3 heteroatoms. The fourth-order valence-corrected chi connectivity index (χ4v) is 2.00. The summed E-state index contributed by atoms with van der Waals surface area (Å²) < 4.78 is 0. The second-order valence-corrected chi connectivity index (χ2v) is 3.46. The summed E-state index contributed by atoms with van der Waals surface area (Å²) in [5.41, 5.74) is 4.79. The Bertz CT molecular complexity index is 374. The molecular weight excluding hydrogens is 164 g/mol. The van der Waals surface area contributed by atoms with Crippen LogP contribution in [-0.2, 0) is 4.84 Å². The highest BCUT2D eigenvalue weighted by Crippen LogP contribution is 2.32. The fourth-order valence-electron chi connectivity index (χ4n) is 2.00. The van der Waals surface area contributed by atoms with Crippen molar-refractivity contribution in [2.45, 2.75) is 19.3 Å². The van der Waals surface area contributed by atoms with Crippen molar-refractivity contribution in [3.8, 4) is 0 Å². The summed E-state index contributed by atoms with van der Waals surface area (Å²) in [4.78, 5) is 9.45. The van der Waals surface area contributed by atoms with E-state index in [1.54, 1.807) is 0 Å². The average molecular weight is 174 g/mol. The van der Waals surface area contributed by atoms with Crippen molar-refractivity contribution >= 4 is 11.9 Å². The summed E-state index contributed by atoms with van der Waals surface area (Å²) >= 11 is 0. The van der Waals surface area contributed by atoms with E-state index in [0.29, 0.717) is 6.61 Å². The van der Waals surface area contributed by atoms with Crippen LogP contribution in [0.25, 0.3) is 0 Å². The second kappa shape index (κ2) is 2.55. The normalized spacial score (nSPS) is 24.6. The van der Waals surface area contributed by atoms with Crippen LogP contribution in [0.15, 0.2) is 33.1 Å². The Balaban J connectivity index is 2.15. The molecule has 13 heavy (non-hydrogen) atoms. The van der Waals surface area contributed by atoms with Gasteiger partial charge in [-0.2, -0.15) is 0 Å². The molecule has 0 aromatic carbocycles. The summed E-state index contributed by atoms with van der Waals surface area (Å²) in [7, 11) is 0. The molecule has 3 nitrogen and oxygen atoms in total. The van der Waals surface area contributed by atoms with Gasteiger partial charge in [0.05, 0.1) is 11.4 Å². The molecule has 66 valence electrons. The summed E-state index contributed by atoms with van der Waals surface area (Å²) in [6.07, 6.45) is 7.29. The number of allylic oxidation sites excluding steroid dienone is 2. The molecule has 3 rings (SSSR count). The number of hydrogen-bond acceptors (Lipinski definition) is 3. The summed E-state index contributed by atoms with van der Waals surface area (Å²) in [5.74, 6) is 0. The highest BCUT2D eigenvalue weighted by molar-refractivity contribution is 6.03. The lowest BCUT2D eigenvalue weighted by Crippen LogP contribution is -2.00. The first kappa shape index (κ1) is 7.06. The van der Waals surface area contributed by atoms with Crippen LogP contribution in [0.2, 0.25) is 0 Å². The number of aliphatic imine (C=N–C) groups is 1. The fraction of sp³-hybridized carbons (Fsp3) is 0.400. The molecule has 3 aliphatic rings. The SMILES string of the molecule is C1=NC2=C3CON=C3CCCC2=C1. The number of fused-ring (bicyclic) bond motifs is 2. The maximum atomic E-state index is 5.08. The van der Waals surface area contributed by atoms with Gasteiger partial charge in [0.1, 0.15) is 6.61 Å². The molecule has 2 heterocycles. The van der Waals surface area contributed by atoms with Gasteiger partial charge in [0.25, 0.3) is 0 Å². The zero-order valence-corrected chi connectivity index (χ0v) is 7.29. The number of nitrogens with zero attached hydrogens (tertiary/aromatic N) is 2. The maximum Gasteiger partial charge on any atom is 0.146 e. The van der Waals surface area contributed by atoms with Gasteiger partial charge in [0.15, 0.2) is 0 Å². The standard InChI is InChI=1S/C10H10N2O/c1-2-7-4-5-11-10(7)8-6-13-12-9(8)3-1/h4-5H,1-3,6H2. The first-order chi connectivity index (χ1) is 6.45. The molecule has 0 amide bonds. The molecule has 1 aliphatic carbocycles. The molecule has 0 saturated heterocycles. The van der Waals surface area contributed by atoms with Gasteiger partial charge in [0.2, 0.25) is 0 Å². The monoisotopic (exact) mass is 174 g/mol. The quantitative estimate of drug-likeness (QED) is 0.551. The van der Waals surface area contributed by atoms with E-state index in [9.17, 15) is 0 Å². The van der Waals surface area contributed by atoms with E-state index >= 15 is 0 Å². The van der Waals surface area contributed by atoms with E-state index in [0.717, 1.165) is 30.7 Å². The highest BCUT2D eigenvalue weighted by Gasteiger charge is 2.25. The lowest BCUT2D eigenvalue weighted by Gasteiger charge is -2.00. The van der Waals surface area contributed by atoms with E-state index in [1.165, 1.54) is 11.1 Å². The van der Waals surface area contributed by atoms with Gasteiger partial charge >= 0.3 is 0 Å². The minimum Gasteiger partial charge on any atom is -0.391 e. The Kier molecular flexibility index (Phi) is 1.39. The molecular formula is C10H10N2O. The third-order valence-electron chi connectivity index (χ3n) is 2.66. The third-order valence-corrected chi connectivity index (χ3v) is 2.66. The van der Waals surface area contributed by atoms with Crippen LogP contribution in [0.3, 0.4) is 0 Å². The van der Waals surface area contributed by atoms with Crippen LogP contribution in [0.5, 0.6) is 0 Å². The molecule has 0 unspecified atom stereocenters. The topological polar surface area (TPSA) is 34.0 Å². The van der Waals surface area contributed by atoms with Crippen molar-refractivity contribution in [2.75, 3.05) is 6.61 Å². The smallest absolute Gasteiger partial charge is 0.146 e. The Morgan fingerprint density at radius 2 is 2.31 bits per heavy atom. The Morgan fingerprint density at radius 3 is 3.31 bits per heavy atom. The minimum absolute atomic E-state index is 0.610. The summed E-state index contributed by atoms with van der Waals surface area (Å²) in [5, 5.41) is 4.04. The minimum atomic E-state index is 0.610. The van der Waals surface area contributed by atoms with Crippen LogP contribution in [-0.4, -0.2) is 18.5 Å². The molecule has 2 aliphatic heterocycles. The molecule has 0 aromatic rings. The van der Waals surface area contributed by atoms with Gasteiger partial charge < -0.3 is 4.84 Å². The first-order valence-corrected chi connectivity index (χ1v) is 4.61. The van der Waals surface area contributed by atoms with Crippen LogP contribution >= 0.6 is 0 Å².